The van der Waals surface area contributed by atoms with Gasteiger partial charge in [-0.1, -0.05) is 45.0 Å². The molecule has 1 nitrogen and oxygen atoms in total. The lowest BCUT2D eigenvalue weighted by atomic mass is 9.86. The summed E-state index contributed by atoms with van der Waals surface area (Å²) in [6.07, 6.45) is 0. The summed E-state index contributed by atoms with van der Waals surface area (Å²) in [4.78, 5) is 2.37. The van der Waals surface area contributed by atoms with Gasteiger partial charge in [-0.25, -0.2) is 0 Å². The molecule has 0 aliphatic heterocycles. The van der Waals surface area contributed by atoms with Gasteiger partial charge in [0.2, 0.25) is 0 Å². The second kappa shape index (κ2) is 4.81. The van der Waals surface area contributed by atoms with Crippen molar-refractivity contribution < 1.29 is 0 Å². The zero-order valence-corrected chi connectivity index (χ0v) is 12.5. The molecule has 0 heterocycles. The second-order valence-corrected chi connectivity index (χ2v) is 6.97. The minimum Gasteiger partial charge on any atom is -0.297 e. The summed E-state index contributed by atoms with van der Waals surface area (Å²) in [5.74, 6) is 0. The predicted octanol–water partition coefficient (Wildman–Crippen LogP) is 4.21. The molecule has 0 fully saturated rings. The molecule has 1 heteroatoms. The molecule has 0 bridgehead atoms. The molecular formula is C16H27N. The number of nitrogens with zero attached hydrogens (tertiary/aromatic N) is 1. The molecule has 0 radical (unpaired) electrons. The zero-order valence-electron chi connectivity index (χ0n) is 12.5. The Kier molecular flexibility index (Phi) is 4.03. The Morgan fingerprint density at radius 3 is 1.71 bits per heavy atom. The van der Waals surface area contributed by atoms with Crippen molar-refractivity contribution in [3.63, 3.8) is 0 Å². The number of hydrogen-bond donors (Lipinski definition) is 0. The standard InChI is InChI=1S/C16H27N/c1-15(2,3)14-10-8-13(9-11-14)12-17(7)16(4,5)6/h8-11H,12H2,1-7H3. The average molecular weight is 233 g/mol. The van der Waals surface area contributed by atoms with E-state index >= 15 is 0 Å². The Labute approximate surface area is 107 Å². The van der Waals surface area contributed by atoms with Gasteiger partial charge in [0.25, 0.3) is 0 Å². The normalized spacial score (nSPS) is 13.2. The highest BCUT2D eigenvalue weighted by atomic mass is 15.1. The maximum atomic E-state index is 2.37. The number of benzene rings is 1. The third-order valence-corrected chi connectivity index (χ3v) is 3.38. The lowest BCUT2D eigenvalue weighted by Gasteiger charge is -2.32. The smallest absolute Gasteiger partial charge is 0.0235 e. The molecule has 0 atom stereocenters. The minimum absolute atomic E-state index is 0.225. The Balaban J connectivity index is 2.76. The molecule has 0 spiro atoms. The summed E-state index contributed by atoms with van der Waals surface area (Å²) in [5, 5.41) is 0. The van der Waals surface area contributed by atoms with Crippen LogP contribution in [-0.2, 0) is 12.0 Å². The van der Waals surface area contributed by atoms with Gasteiger partial charge in [0, 0.05) is 12.1 Å². The van der Waals surface area contributed by atoms with Crippen LogP contribution < -0.4 is 0 Å². The van der Waals surface area contributed by atoms with Gasteiger partial charge in [0.1, 0.15) is 0 Å². The molecule has 1 aromatic carbocycles. The summed E-state index contributed by atoms with van der Waals surface area (Å²) in [7, 11) is 2.18. The van der Waals surface area contributed by atoms with Gasteiger partial charge in [-0.15, -0.1) is 0 Å². The maximum absolute atomic E-state index is 2.37. The lowest BCUT2D eigenvalue weighted by molar-refractivity contribution is 0.167. The van der Waals surface area contributed by atoms with Crippen LogP contribution in [0.4, 0.5) is 0 Å². The molecule has 1 aromatic rings. The quantitative estimate of drug-likeness (QED) is 0.739. The Morgan fingerprint density at radius 2 is 1.35 bits per heavy atom. The van der Waals surface area contributed by atoms with E-state index in [2.05, 4.69) is 77.8 Å². The molecule has 0 amide bonds. The highest BCUT2D eigenvalue weighted by Crippen LogP contribution is 2.23. The van der Waals surface area contributed by atoms with E-state index in [1.165, 1.54) is 11.1 Å². The van der Waals surface area contributed by atoms with Gasteiger partial charge in [0.05, 0.1) is 0 Å². The van der Waals surface area contributed by atoms with Crippen LogP contribution in [0.5, 0.6) is 0 Å². The van der Waals surface area contributed by atoms with Crippen LogP contribution in [-0.4, -0.2) is 17.5 Å². The number of rotatable bonds is 2. The van der Waals surface area contributed by atoms with Crippen molar-refractivity contribution in [2.45, 2.75) is 59.0 Å². The van der Waals surface area contributed by atoms with Crippen molar-refractivity contribution in [2.24, 2.45) is 0 Å². The van der Waals surface area contributed by atoms with Crippen LogP contribution >= 0.6 is 0 Å². The molecule has 1 rings (SSSR count). The molecule has 0 aliphatic carbocycles. The van der Waals surface area contributed by atoms with Gasteiger partial charge in [-0.2, -0.15) is 0 Å². The molecule has 17 heavy (non-hydrogen) atoms. The SMILES string of the molecule is CN(Cc1ccc(C(C)(C)C)cc1)C(C)(C)C. The van der Waals surface area contributed by atoms with Gasteiger partial charge in [0.15, 0.2) is 0 Å². The van der Waals surface area contributed by atoms with E-state index in [0.29, 0.717) is 0 Å². The van der Waals surface area contributed by atoms with Crippen molar-refractivity contribution in [1.29, 1.82) is 0 Å². The van der Waals surface area contributed by atoms with Crippen LogP contribution in [0.1, 0.15) is 52.7 Å². The molecular weight excluding hydrogens is 206 g/mol. The Hall–Kier alpha value is -0.820. The van der Waals surface area contributed by atoms with E-state index in [1.807, 2.05) is 0 Å². The van der Waals surface area contributed by atoms with Crippen molar-refractivity contribution in [1.82, 2.24) is 4.90 Å². The van der Waals surface area contributed by atoms with Crippen LogP contribution in [0.2, 0.25) is 0 Å². The summed E-state index contributed by atoms with van der Waals surface area (Å²) < 4.78 is 0. The molecule has 0 aliphatic rings. The Morgan fingerprint density at radius 1 is 0.882 bits per heavy atom. The van der Waals surface area contributed by atoms with Gasteiger partial charge in [-0.3, -0.25) is 4.90 Å². The molecule has 0 aromatic heterocycles. The second-order valence-electron chi connectivity index (χ2n) is 6.97. The van der Waals surface area contributed by atoms with Crippen LogP contribution in [0.15, 0.2) is 24.3 Å². The third-order valence-electron chi connectivity index (χ3n) is 3.38. The Bertz CT molecular complexity index is 349. The fourth-order valence-corrected chi connectivity index (χ4v) is 1.62. The van der Waals surface area contributed by atoms with E-state index < -0.39 is 0 Å². The molecule has 0 N–H and O–H groups in total. The first-order valence-electron chi connectivity index (χ1n) is 6.41. The van der Waals surface area contributed by atoms with Crippen molar-refractivity contribution in [3.05, 3.63) is 35.4 Å². The first kappa shape index (κ1) is 14.2. The third kappa shape index (κ3) is 4.16. The summed E-state index contributed by atoms with van der Waals surface area (Å²) in [6.45, 7) is 14.5. The van der Waals surface area contributed by atoms with Gasteiger partial charge in [-0.05, 0) is 44.4 Å². The fraction of sp³-hybridized carbons (Fsp3) is 0.625. The molecule has 96 valence electrons. The van der Waals surface area contributed by atoms with Crippen LogP contribution in [0, 0.1) is 0 Å². The monoisotopic (exact) mass is 233 g/mol. The highest BCUT2D eigenvalue weighted by molar-refractivity contribution is 5.27. The van der Waals surface area contributed by atoms with Crippen molar-refractivity contribution in [2.75, 3.05) is 7.05 Å². The maximum Gasteiger partial charge on any atom is 0.0235 e. The summed E-state index contributed by atoms with van der Waals surface area (Å²) in [5.41, 5.74) is 3.26. The zero-order chi connectivity index (χ0) is 13.3. The van der Waals surface area contributed by atoms with E-state index in [0.717, 1.165) is 6.54 Å². The van der Waals surface area contributed by atoms with Crippen molar-refractivity contribution in [3.8, 4) is 0 Å². The largest absolute Gasteiger partial charge is 0.297 e. The highest BCUT2D eigenvalue weighted by Gasteiger charge is 2.17. The minimum atomic E-state index is 0.225. The number of hydrogen-bond acceptors (Lipinski definition) is 1. The van der Waals surface area contributed by atoms with Crippen LogP contribution in [0.3, 0.4) is 0 Å². The lowest BCUT2D eigenvalue weighted by Crippen LogP contribution is -2.37. The van der Waals surface area contributed by atoms with E-state index in [-0.39, 0.29) is 11.0 Å². The fourth-order valence-electron chi connectivity index (χ4n) is 1.62. The topological polar surface area (TPSA) is 3.24 Å². The summed E-state index contributed by atoms with van der Waals surface area (Å²) in [6, 6.07) is 9.02. The summed E-state index contributed by atoms with van der Waals surface area (Å²) >= 11 is 0. The van der Waals surface area contributed by atoms with Gasteiger partial charge >= 0.3 is 0 Å². The molecule has 0 unspecified atom stereocenters. The first-order chi connectivity index (χ1) is 7.60. The van der Waals surface area contributed by atoms with Gasteiger partial charge < -0.3 is 0 Å². The average Bonchev–Trinajstić information content (AvgIpc) is 2.15. The van der Waals surface area contributed by atoms with E-state index in [4.69, 9.17) is 0 Å². The molecule has 0 saturated carbocycles. The molecule has 0 saturated heterocycles. The predicted molar refractivity (Wildman–Crippen MR) is 76.4 cm³/mol. The first-order valence-corrected chi connectivity index (χ1v) is 6.41. The van der Waals surface area contributed by atoms with Crippen molar-refractivity contribution >= 4 is 0 Å². The van der Waals surface area contributed by atoms with E-state index in [1.54, 1.807) is 0 Å². The van der Waals surface area contributed by atoms with E-state index in [9.17, 15) is 0 Å². The van der Waals surface area contributed by atoms with Crippen LogP contribution in [0.25, 0.3) is 0 Å².